The summed E-state index contributed by atoms with van der Waals surface area (Å²) in [5.74, 6) is 2.61. The van der Waals surface area contributed by atoms with Crippen molar-refractivity contribution in [2.45, 2.75) is 46.0 Å². The average Bonchev–Trinajstić information content (AvgIpc) is 1.96. The van der Waals surface area contributed by atoms with Gasteiger partial charge in [0.15, 0.2) is 0 Å². The number of allylic oxidation sites excluding steroid dienone is 1. The first kappa shape index (κ1) is 10.4. The van der Waals surface area contributed by atoms with Gasteiger partial charge in [0.05, 0.1) is 0 Å². The van der Waals surface area contributed by atoms with Gasteiger partial charge in [0, 0.05) is 0 Å². The Morgan fingerprint density at radius 1 is 1.27 bits per heavy atom. The van der Waals surface area contributed by atoms with Gasteiger partial charge in [-0.25, -0.2) is 4.79 Å². The zero-order valence-electron chi connectivity index (χ0n) is 7.60. The molecule has 0 spiro atoms. The van der Waals surface area contributed by atoms with Crippen molar-refractivity contribution in [3.05, 3.63) is 6.08 Å². The Balaban J connectivity index is 2.96. The van der Waals surface area contributed by atoms with Crippen molar-refractivity contribution >= 4 is 5.94 Å². The molecule has 0 aromatic carbocycles. The monoisotopic (exact) mass is 154 g/mol. The molecule has 0 saturated carbocycles. The lowest BCUT2D eigenvalue weighted by molar-refractivity contribution is 0.528. The summed E-state index contributed by atoms with van der Waals surface area (Å²) >= 11 is 0. The fourth-order valence-electron chi connectivity index (χ4n) is 1.03. The normalized spacial score (nSPS) is 9.73. The average molecular weight is 154 g/mol. The second-order valence-corrected chi connectivity index (χ2v) is 3.35. The smallest absolute Gasteiger partial charge is 0.120 e. The van der Waals surface area contributed by atoms with Crippen molar-refractivity contribution in [2.75, 3.05) is 0 Å². The van der Waals surface area contributed by atoms with Gasteiger partial charge in [0.25, 0.3) is 0 Å². The van der Waals surface area contributed by atoms with Crippen LogP contribution in [-0.4, -0.2) is 5.94 Å². The molecule has 0 rings (SSSR count). The van der Waals surface area contributed by atoms with Gasteiger partial charge < -0.3 is 0 Å². The van der Waals surface area contributed by atoms with Crippen LogP contribution in [0.15, 0.2) is 6.08 Å². The molecular weight excluding hydrogens is 136 g/mol. The summed E-state index contributed by atoms with van der Waals surface area (Å²) in [4.78, 5) is 9.77. The summed E-state index contributed by atoms with van der Waals surface area (Å²) in [6, 6.07) is 0. The first-order valence-electron chi connectivity index (χ1n) is 4.46. The highest BCUT2D eigenvalue weighted by Crippen LogP contribution is 2.08. The van der Waals surface area contributed by atoms with E-state index in [2.05, 4.69) is 13.8 Å². The molecule has 1 nitrogen and oxygen atoms in total. The molecule has 0 amide bonds. The first-order valence-corrected chi connectivity index (χ1v) is 4.46. The van der Waals surface area contributed by atoms with Crippen LogP contribution in [0.4, 0.5) is 0 Å². The van der Waals surface area contributed by atoms with Gasteiger partial charge in [-0.1, -0.05) is 33.1 Å². The van der Waals surface area contributed by atoms with Crippen molar-refractivity contribution in [3.63, 3.8) is 0 Å². The minimum atomic E-state index is 0.816. The Labute approximate surface area is 69.5 Å². The maximum atomic E-state index is 9.77. The molecule has 11 heavy (non-hydrogen) atoms. The van der Waals surface area contributed by atoms with Crippen LogP contribution < -0.4 is 0 Å². The highest BCUT2D eigenvalue weighted by atomic mass is 16.1. The van der Waals surface area contributed by atoms with E-state index in [4.69, 9.17) is 0 Å². The highest BCUT2D eigenvalue weighted by Gasteiger charge is 1.92. The van der Waals surface area contributed by atoms with Gasteiger partial charge in [-0.2, -0.15) is 0 Å². The number of carbonyl (C=O) groups excluding carboxylic acids is 1. The van der Waals surface area contributed by atoms with Crippen molar-refractivity contribution in [2.24, 2.45) is 5.92 Å². The first-order chi connectivity index (χ1) is 5.27. The fraction of sp³-hybridized carbons (Fsp3) is 0.800. The summed E-state index contributed by atoms with van der Waals surface area (Å²) in [7, 11) is 0. The van der Waals surface area contributed by atoms with Gasteiger partial charge in [-0.15, -0.1) is 0 Å². The third-order valence-corrected chi connectivity index (χ3v) is 1.71. The molecule has 0 aliphatic carbocycles. The summed E-state index contributed by atoms with van der Waals surface area (Å²) in [6.45, 7) is 4.48. The molecule has 64 valence electrons. The molecular formula is C10H18O. The molecule has 0 heterocycles. The van der Waals surface area contributed by atoms with Gasteiger partial charge in [0.2, 0.25) is 0 Å². The van der Waals surface area contributed by atoms with Crippen LogP contribution in [0.3, 0.4) is 0 Å². The molecule has 1 heteroatoms. The van der Waals surface area contributed by atoms with Crippen LogP contribution in [0.5, 0.6) is 0 Å². The SMILES string of the molecule is CC(C)CCCCCC=C=O. The molecule has 0 unspecified atom stereocenters. The second kappa shape index (κ2) is 7.56. The fourth-order valence-corrected chi connectivity index (χ4v) is 1.03. The zero-order chi connectivity index (χ0) is 8.53. The van der Waals surface area contributed by atoms with E-state index in [1.807, 2.05) is 0 Å². The number of hydrogen-bond donors (Lipinski definition) is 0. The molecule has 0 aromatic rings. The Morgan fingerprint density at radius 3 is 2.55 bits per heavy atom. The predicted molar refractivity (Wildman–Crippen MR) is 48.2 cm³/mol. The molecule has 0 aliphatic rings. The van der Waals surface area contributed by atoms with Crippen molar-refractivity contribution in [1.82, 2.24) is 0 Å². The maximum absolute atomic E-state index is 9.77. The summed E-state index contributed by atoms with van der Waals surface area (Å²) in [5.41, 5.74) is 0. The lowest BCUT2D eigenvalue weighted by Crippen LogP contribution is -1.86. The third-order valence-electron chi connectivity index (χ3n) is 1.71. The molecule has 0 aromatic heterocycles. The van der Waals surface area contributed by atoms with Crippen LogP contribution in [0.2, 0.25) is 0 Å². The van der Waals surface area contributed by atoms with E-state index in [0.717, 1.165) is 18.8 Å². The largest absolute Gasteiger partial charge is 0.234 e. The summed E-state index contributed by atoms with van der Waals surface area (Å²) in [6.07, 6.45) is 7.48. The minimum absolute atomic E-state index is 0.816. The lowest BCUT2D eigenvalue weighted by Gasteiger charge is -2.01. The van der Waals surface area contributed by atoms with Crippen molar-refractivity contribution in [3.8, 4) is 0 Å². The Hall–Kier alpha value is -0.550. The van der Waals surface area contributed by atoms with Crippen molar-refractivity contribution in [1.29, 1.82) is 0 Å². The van der Waals surface area contributed by atoms with E-state index in [1.165, 1.54) is 19.3 Å². The Kier molecular flexibility index (Phi) is 7.18. The molecule has 0 radical (unpaired) electrons. The number of unbranched alkanes of at least 4 members (excludes halogenated alkanes) is 3. The molecule has 0 bridgehead atoms. The Bertz CT molecular complexity index is 121. The summed E-state index contributed by atoms with van der Waals surface area (Å²) in [5, 5.41) is 0. The Morgan fingerprint density at radius 2 is 2.00 bits per heavy atom. The van der Waals surface area contributed by atoms with E-state index in [9.17, 15) is 4.79 Å². The van der Waals surface area contributed by atoms with Crippen LogP contribution in [0, 0.1) is 5.92 Å². The lowest BCUT2D eigenvalue weighted by atomic mass is 10.0. The minimum Gasteiger partial charge on any atom is -0.234 e. The van der Waals surface area contributed by atoms with Crippen LogP contribution in [0.25, 0.3) is 0 Å². The van der Waals surface area contributed by atoms with Crippen LogP contribution >= 0.6 is 0 Å². The second-order valence-electron chi connectivity index (χ2n) is 3.35. The zero-order valence-corrected chi connectivity index (χ0v) is 7.60. The maximum Gasteiger partial charge on any atom is 0.120 e. The topological polar surface area (TPSA) is 17.1 Å². The third kappa shape index (κ3) is 9.45. The van der Waals surface area contributed by atoms with Crippen LogP contribution in [0.1, 0.15) is 46.0 Å². The molecule has 0 saturated heterocycles. The quantitative estimate of drug-likeness (QED) is 0.424. The van der Waals surface area contributed by atoms with E-state index in [1.54, 1.807) is 12.0 Å². The molecule has 0 N–H and O–H groups in total. The van der Waals surface area contributed by atoms with Crippen molar-refractivity contribution < 1.29 is 4.79 Å². The molecule has 0 fully saturated rings. The van der Waals surface area contributed by atoms with E-state index >= 15 is 0 Å². The number of hydrogen-bond acceptors (Lipinski definition) is 1. The number of rotatable bonds is 6. The van der Waals surface area contributed by atoms with Gasteiger partial charge in [-0.3, -0.25) is 0 Å². The van der Waals surface area contributed by atoms with E-state index in [0.29, 0.717) is 0 Å². The highest BCUT2D eigenvalue weighted by molar-refractivity contribution is 5.44. The van der Waals surface area contributed by atoms with E-state index in [-0.39, 0.29) is 0 Å². The molecule has 0 atom stereocenters. The standard InChI is InChI=1S/C10H18O/c1-10(2)8-6-4-3-5-7-9-11/h7,10H,3-6,8H2,1-2H3. The van der Waals surface area contributed by atoms with Gasteiger partial charge in [0.1, 0.15) is 5.94 Å². The van der Waals surface area contributed by atoms with Gasteiger partial charge >= 0.3 is 0 Å². The molecule has 0 aliphatic heterocycles. The van der Waals surface area contributed by atoms with Gasteiger partial charge in [-0.05, 0) is 24.8 Å². The summed E-state index contributed by atoms with van der Waals surface area (Å²) < 4.78 is 0. The van der Waals surface area contributed by atoms with E-state index < -0.39 is 0 Å². The van der Waals surface area contributed by atoms with Crippen LogP contribution in [-0.2, 0) is 4.79 Å². The predicted octanol–water partition coefficient (Wildman–Crippen LogP) is 2.98.